The molecule has 21 heavy (non-hydrogen) atoms. The summed E-state index contributed by atoms with van der Waals surface area (Å²) >= 11 is 0. The molecule has 0 aliphatic carbocycles. The van der Waals surface area contributed by atoms with Crippen LogP contribution in [0.3, 0.4) is 0 Å². The average Bonchev–Trinajstić information content (AvgIpc) is 2.46. The Bertz CT molecular complexity index is 508. The minimum absolute atomic E-state index is 0.696. The van der Waals surface area contributed by atoms with Gasteiger partial charge in [0.2, 0.25) is 0 Å². The van der Waals surface area contributed by atoms with Gasteiger partial charge in [-0.15, -0.1) is 0 Å². The molecule has 2 rings (SSSR count). The second-order valence-electron chi connectivity index (χ2n) is 4.90. The number of benzene rings is 2. The summed E-state index contributed by atoms with van der Waals surface area (Å²) in [7, 11) is 0. The first-order chi connectivity index (χ1) is 10.2. The van der Waals surface area contributed by atoms with Crippen molar-refractivity contribution in [1.82, 2.24) is 0 Å². The highest BCUT2D eigenvalue weighted by Crippen LogP contribution is 2.16. The average molecular weight is 286 g/mol. The Morgan fingerprint density at radius 1 is 0.667 bits per heavy atom. The molecule has 4 nitrogen and oxygen atoms in total. The second-order valence-corrected chi connectivity index (χ2v) is 4.90. The molecule has 0 unspecified atom stereocenters. The van der Waals surface area contributed by atoms with Crippen molar-refractivity contribution in [1.29, 1.82) is 0 Å². The van der Waals surface area contributed by atoms with Crippen LogP contribution in [0.1, 0.15) is 19.3 Å². The van der Waals surface area contributed by atoms with Crippen molar-refractivity contribution in [3.05, 3.63) is 48.5 Å². The highest BCUT2D eigenvalue weighted by atomic mass is 16.5. The summed E-state index contributed by atoms with van der Waals surface area (Å²) < 4.78 is 11.3. The van der Waals surface area contributed by atoms with Gasteiger partial charge >= 0.3 is 0 Å². The van der Waals surface area contributed by atoms with Gasteiger partial charge in [-0.25, -0.2) is 0 Å². The van der Waals surface area contributed by atoms with Crippen LogP contribution in [0.5, 0.6) is 11.5 Å². The monoisotopic (exact) mass is 286 g/mol. The fraction of sp³-hybridized carbons (Fsp3) is 0.294. The number of anilines is 2. The first-order valence-corrected chi connectivity index (χ1v) is 7.21. The van der Waals surface area contributed by atoms with Crippen LogP contribution >= 0.6 is 0 Å². The van der Waals surface area contributed by atoms with Crippen LogP contribution in [0.15, 0.2) is 48.5 Å². The molecule has 112 valence electrons. The SMILES string of the molecule is Nc1cccc(OCCCCCOc2cccc(N)c2)c1. The summed E-state index contributed by atoms with van der Waals surface area (Å²) in [6.45, 7) is 1.39. The van der Waals surface area contributed by atoms with Crippen LogP contribution in [0.4, 0.5) is 11.4 Å². The zero-order valence-corrected chi connectivity index (χ0v) is 12.1. The fourth-order valence-electron chi connectivity index (χ4n) is 1.97. The van der Waals surface area contributed by atoms with Crippen molar-refractivity contribution in [3.8, 4) is 11.5 Å². The van der Waals surface area contributed by atoms with E-state index < -0.39 is 0 Å². The Morgan fingerprint density at radius 3 is 1.57 bits per heavy atom. The molecule has 0 heterocycles. The van der Waals surface area contributed by atoms with E-state index in [-0.39, 0.29) is 0 Å². The van der Waals surface area contributed by atoms with Crippen LogP contribution in [0.25, 0.3) is 0 Å². The molecule has 4 heteroatoms. The lowest BCUT2D eigenvalue weighted by Gasteiger charge is -2.08. The third-order valence-electron chi connectivity index (χ3n) is 3.04. The predicted octanol–water partition coefficient (Wildman–Crippen LogP) is 3.48. The van der Waals surface area contributed by atoms with Crippen LogP contribution in [0.2, 0.25) is 0 Å². The van der Waals surface area contributed by atoms with Crippen molar-refractivity contribution < 1.29 is 9.47 Å². The summed E-state index contributed by atoms with van der Waals surface area (Å²) in [4.78, 5) is 0. The maximum absolute atomic E-state index is 5.69. The van der Waals surface area contributed by atoms with Crippen LogP contribution in [0, 0.1) is 0 Å². The highest BCUT2D eigenvalue weighted by Gasteiger charge is 1.97. The number of hydrogen-bond acceptors (Lipinski definition) is 4. The number of rotatable bonds is 8. The minimum Gasteiger partial charge on any atom is -0.494 e. The molecule has 0 aromatic heterocycles. The van der Waals surface area contributed by atoms with Gasteiger partial charge in [0.05, 0.1) is 13.2 Å². The quantitative estimate of drug-likeness (QED) is 0.575. The topological polar surface area (TPSA) is 70.5 Å². The standard InChI is InChI=1S/C17H22N2O2/c18-14-6-4-8-16(12-14)20-10-2-1-3-11-21-17-9-5-7-15(19)13-17/h4-9,12-13H,1-3,10-11,18-19H2. The van der Waals surface area contributed by atoms with Crippen LogP contribution in [-0.4, -0.2) is 13.2 Å². The van der Waals surface area contributed by atoms with E-state index >= 15 is 0 Å². The summed E-state index contributed by atoms with van der Waals surface area (Å²) in [5.41, 5.74) is 12.8. The molecule has 0 spiro atoms. The van der Waals surface area contributed by atoms with E-state index in [4.69, 9.17) is 20.9 Å². The molecule has 4 N–H and O–H groups in total. The lowest BCUT2D eigenvalue weighted by atomic mass is 10.2. The Morgan fingerprint density at radius 2 is 1.14 bits per heavy atom. The normalized spacial score (nSPS) is 10.3. The summed E-state index contributed by atoms with van der Waals surface area (Å²) in [6, 6.07) is 15.0. The molecular formula is C17H22N2O2. The summed E-state index contributed by atoms with van der Waals surface area (Å²) in [5.74, 6) is 1.65. The Hall–Kier alpha value is -2.36. The van der Waals surface area contributed by atoms with Gasteiger partial charge in [0.25, 0.3) is 0 Å². The molecule has 0 saturated heterocycles. The molecule has 0 amide bonds. The molecule has 2 aromatic rings. The molecule has 2 aromatic carbocycles. The maximum atomic E-state index is 5.69. The number of unbranched alkanes of at least 4 members (excludes halogenated alkanes) is 2. The smallest absolute Gasteiger partial charge is 0.121 e. The first kappa shape index (κ1) is 15.0. The Labute approximate surface area is 125 Å². The van der Waals surface area contributed by atoms with Gasteiger partial charge in [-0.2, -0.15) is 0 Å². The van der Waals surface area contributed by atoms with Crippen molar-refractivity contribution in [3.63, 3.8) is 0 Å². The zero-order valence-electron chi connectivity index (χ0n) is 12.1. The third kappa shape index (κ3) is 5.65. The number of nitrogen functional groups attached to an aromatic ring is 2. The Kier molecular flexibility index (Phi) is 5.76. The van der Waals surface area contributed by atoms with Gasteiger partial charge in [0.15, 0.2) is 0 Å². The number of nitrogens with two attached hydrogens (primary N) is 2. The van der Waals surface area contributed by atoms with Crippen LogP contribution in [-0.2, 0) is 0 Å². The molecule has 0 aliphatic heterocycles. The van der Waals surface area contributed by atoms with Gasteiger partial charge in [0.1, 0.15) is 11.5 Å². The van der Waals surface area contributed by atoms with Crippen molar-refractivity contribution in [2.75, 3.05) is 24.7 Å². The predicted molar refractivity (Wildman–Crippen MR) is 86.5 cm³/mol. The van der Waals surface area contributed by atoms with Gasteiger partial charge in [-0.1, -0.05) is 12.1 Å². The fourth-order valence-corrected chi connectivity index (χ4v) is 1.97. The first-order valence-electron chi connectivity index (χ1n) is 7.21. The lowest BCUT2D eigenvalue weighted by molar-refractivity contribution is 0.279. The van der Waals surface area contributed by atoms with Gasteiger partial charge < -0.3 is 20.9 Å². The molecular weight excluding hydrogens is 264 g/mol. The maximum Gasteiger partial charge on any atom is 0.121 e. The largest absolute Gasteiger partial charge is 0.494 e. The number of ether oxygens (including phenoxy) is 2. The molecule has 0 saturated carbocycles. The van der Waals surface area contributed by atoms with E-state index in [2.05, 4.69) is 0 Å². The zero-order chi connectivity index (χ0) is 14.9. The van der Waals surface area contributed by atoms with E-state index in [0.717, 1.165) is 42.1 Å². The molecule has 0 fully saturated rings. The van der Waals surface area contributed by atoms with Gasteiger partial charge in [-0.3, -0.25) is 0 Å². The molecule has 0 aliphatic rings. The van der Waals surface area contributed by atoms with E-state index in [0.29, 0.717) is 13.2 Å². The third-order valence-corrected chi connectivity index (χ3v) is 3.04. The van der Waals surface area contributed by atoms with E-state index in [1.165, 1.54) is 0 Å². The number of hydrogen-bond donors (Lipinski definition) is 2. The highest BCUT2D eigenvalue weighted by molar-refractivity contribution is 5.44. The second kappa shape index (κ2) is 8.04. The molecule has 0 bridgehead atoms. The van der Waals surface area contributed by atoms with Gasteiger partial charge in [-0.05, 0) is 43.5 Å². The lowest BCUT2D eigenvalue weighted by Crippen LogP contribution is -2.01. The van der Waals surface area contributed by atoms with Crippen molar-refractivity contribution in [2.24, 2.45) is 0 Å². The minimum atomic E-state index is 0.696. The Balaban J connectivity index is 1.54. The summed E-state index contributed by atoms with van der Waals surface area (Å²) in [5, 5.41) is 0. The van der Waals surface area contributed by atoms with Crippen molar-refractivity contribution in [2.45, 2.75) is 19.3 Å². The molecule has 0 radical (unpaired) electrons. The summed E-state index contributed by atoms with van der Waals surface area (Å²) in [6.07, 6.45) is 3.05. The van der Waals surface area contributed by atoms with E-state index in [9.17, 15) is 0 Å². The molecule has 0 atom stereocenters. The van der Waals surface area contributed by atoms with E-state index in [1.54, 1.807) is 0 Å². The van der Waals surface area contributed by atoms with Crippen molar-refractivity contribution >= 4 is 11.4 Å². The van der Waals surface area contributed by atoms with Crippen LogP contribution < -0.4 is 20.9 Å². The van der Waals surface area contributed by atoms with E-state index in [1.807, 2.05) is 48.5 Å². The van der Waals surface area contributed by atoms with Gasteiger partial charge in [0, 0.05) is 23.5 Å².